The predicted octanol–water partition coefficient (Wildman–Crippen LogP) is 4.82. The third-order valence-electron chi connectivity index (χ3n) is 6.47. The highest BCUT2D eigenvalue weighted by Gasteiger charge is 2.21. The number of ether oxygens (including phenoxy) is 1. The zero-order valence-corrected chi connectivity index (χ0v) is 18.4. The van der Waals surface area contributed by atoms with E-state index >= 15 is 0 Å². The number of hydrogen-bond donors (Lipinski definition) is 3. The minimum Gasteiger partial charge on any atom is -0.494 e. The van der Waals surface area contributed by atoms with Gasteiger partial charge in [0.15, 0.2) is 0 Å². The molecule has 0 bridgehead atoms. The molecule has 0 aliphatic heterocycles. The molecule has 166 valence electrons. The lowest BCUT2D eigenvalue weighted by atomic mass is 9.98. The van der Waals surface area contributed by atoms with E-state index in [0.717, 1.165) is 65.0 Å². The van der Waals surface area contributed by atoms with E-state index in [9.17, 15) is 0 Å². The molecule has 0 atom stereocenters. The van der Waals surface area contributed by atoms with E-state index in [1.165, 1.54) is 36.8 Å². The van der Waals surface area contributed by atoms with Crippen LogP contribution in [0.25, 0.3) is 33.5 Å². The minimum atomic E-state index is 0.0359. The molecule has 3 aromatic heterocycles. The second kappa shape index (κ2) is 9.12. The van der Waals surface area contributed by atoms with Crippen molar-refractivity contribution in [3.05, 3.63) is 47.8 Å². The van der Waals surface area contributed by atoms with Crippen LogP contribution in [0.1, 0.15) is 49.7 Å². The van der Waals surface area contributed by atoms with Crippen LogP contribution in [0.3, 0.4) is 0 Å². The normalized spacial score (nSPS) is 15.9. The molecule has 1 aromatic carbocycles. The van der Waals surface area contributed by atoms with Gasteiger partial charge in [0.1, 0.15) is 22.7 Å². The van der Waals surface area contributed by atoms with Gasteiger partial charge in [0.2, 0.25) is 0 Å². The maximum atomic E-state index is 8.91. The van der Waals surface area contributed by atoms with E-state index in [4.69, 9.17) is 14.8 Å². The molecule has 0 amide bonds. The van der Waals surface area contributed by atoms with Crippen molar-refractivity contribution in [2.24, 2.45) is 0 Å². The Labute approximate surface area is 187 Å². The Morgan fingerprint density at radius 1 is 1.06 bits per heavy atom. The Morgan fingerprint density at radius 3 is 2.66 bits per heavy atom. The first kappa shape index (κ1) is 20.7. The van der Waals surface area contributed by atoms with Crippen LogP contribution < -0.4 is 4.74 Å². The van der Waals surface area contributed by atoms with Gasteiger partial charge in [-0.2, -0.15) is 10.2 Å². The molecule has 3 N–H and O–H groups in total. The molecule has 2 aliphatic carbocycles. The van der Waals surface area contributed by atoms with Gasteiger partial charge in [-0.1, -0.05) is 37.5 Å². The van der Waals surface area contributed by atoms with Crippen LogP contribution in [0.4, 0.5) is 0 Å². The highest BCUT2D eigenvalue weighted by atomic mass is 16.5. The number of fused-ring (bicyclic) bond motifs is 2. The SMILES string of the molecule is COc1cc2[nH]nc(-c3cn[nH]c3)c2nc1-c1cccc2c1CCC2.OC1CCCCC1. The maximum Gasteiger partial charge on any atom is 0.147 e. The van der Waals surface area contributed by atoms with Crippen LogP contribution in [-0.4, -0.2) is 43.7 Å². The van der Waals surface area contributed by atoms with E-state index in [-0.39, 0.29) is 6.10 Å². The van der Waals surface area contributed by atoms with Gasteiger partial charge in [0.25, 0.3) is 0 Å². The largest absolute Gasteiger partial charge is 0.494 e. The minimum absolute atomic E-state index is 0.0359. The van der Waals surface area contributed by atoms with Gasteiger partial charge in [-0.25, -0.2) is 4.98 Å². The van der Waals surface area contributed by atoms with E-state index in [0.29, 0.717) is 0 Å². The van der Waals surface area contributed by atoms with Gasteiger partial charge >= 0.3 is 0 Å². The second-order valence-corrected chi connectivity index (χ2v) is 8.58. The highest BCUT2D eigenvalue weighted by molar-refractivity contribution is 5.92. The summed E-state index contributed by atoms with van der Waals surface area (Å²) in [4.78, 5) is 4.95. The molecular weight excluding hydrogens is 402 g/mol. The molecule has 6 rings (SSSR count). The molecule has 0 spiro atoms. The number of methoxy groups -OCH3 is 1. The number of rotatable bonds is 3. The van der Waals surface area contributed by atoms with Crippen molar-refractivity contribution in [2.45, 2.75) is 57.5 Å². The summed E-state index contributed by atoms with van der Waals surface area (Å²) in [5.41, 5.74) is 8.23. The van der Waals surface area contributed by atoms with E-state index in [2.05, 4.69) is 38.6 Å². The molecule has 1 saturated carbocycles. The van der Waals surface area contributed by atoms with E-state index in [1.54, 1.807) is 13.3 Å². The Kier molecular flexibility index (Phi) is 5.90. The molecule has 0 radical (unpaired) electrons. The molecule has 7 nitrogen and oxygen atoms in total. The van der Waals surface area contributed by atoms with Gasteiger partial charge in [0.05, 0.1) is 24.9 Å². The van der Waals surface area contributed by atoms with Crippen molar-refractivity contribution >= 4 is 11.0 Å². The Bertz CT molecular complexity index is 1190. The molecule has 4 aromatic rings. The Balaban J connectivity index is 0.000000265. The second-order valence-electron chi connectivity index (χ2n) is 8.58. The summed E-state index contributed by atoms with van der Waals surface area (Å²) >= 11 is 0. The zero-order valence-electron chi connectivity index (χ0n) is 18.4. The average molecular weight is 432 g/mol. The summed E-state index contributed by atoms with van der Waals surface area (Å²) < 4.78 is 5.64. The molecule has 7 heteroatoms. The zero-order chi connectivity index (χ0) is 21.9. The number of aromatic nitrogens is 5. The molecule has 3 heterocycles. The summed E-state index contributed by atoms with van der Waals surface area (Å²) in [6, 6.07) is 8.43. The van der Waals surface area contributed by atoms with Gasteiger partial charge < -0.3 is 9.84 Å². The first-order valence-electron chi connectivity index (χ1n) is 11.5. The third kappa shape index (κ3) is 4.00. The summed E-state index contributed by atoms with van der Waals surface area (Å²) in [6.45, 7) is 0. The van der Waals surface area contributed by atoms with Crippen molar-refractivity contribution in [1.29, 1.82) is 0 Å². The Hall–Kier alpha value is -3.19. The van der Waals surface area contributed by atoms with Gasteiger partial charge in [0, 0.05) is 23.4 Å². The standard InChI is InChI=1S/C19H17N5O.C6H12O/c1-25-16-8-15-19(17(24-23-15)12-9-20-21-10-12)22-18(16)14-7-3-5-11-4-2-6-13(11)14;7-6-4-2-1-3-5-6/h3,5,7-10H,2,4,6H2,1H3,(H,20,21)(H,23,24);6-7H,1-5H2. The quantitative estimate of drug-likeness (QED) is 0.432. The summed E-state index contributed by atoms with van der Waals surface area (Å²) in [5, 5.41) is 23.2. The lowest BCUT2D eigenvalue weighted by molar-refractivity contribution is 0.130. The van der Waals surface area contributed by atoms with Gasteiger partial charge in [-0.3, -0.25) is 10.2 Å². The van der Waals surface area contributed by atoms with Crippen LogP contribution in [0, 0.1) is 0 Å². The van der Waals surface area contributed by atoms with Crippen molar-refractivity contribution in [3.8, 4) is 28.3 Å². The van der Waals surface area contributed by atoms with E-state index in [1.807, 2.05) is 12.3 Å². The van der Waals surface area contributed by atoms with Crippen LogP contribution in [0.15, 0.2) is 36.7 Å². The van der Waals surface area contributed by atoms with Crippen molar-refractivity contribution in [1.82, 2.24) is 25.4 Å². The molecule has 0 unspecified atom stereocenters. The number of aromatic amines is 2. The molecule has 0 saturated heterocycles. The van der Waals surface area contributed by atoms with Crippen LogP contribution in [-0.2, 0) is 12.8 Å². The monoisotopic (exact) mass is 431 g/mol. The topological polar surface area (TPSA) is 99.7 Å². The van der Waals surface area contributed by atoms with Crippen molar-refractivity contribution in [3.63, 3.8) is 0 Å². The number of nitrogens with zero attached hydrogens (tertiary/aromatic N) is 3. The predicted molar refractivity (Wildman–Crippen MR) is 125 cm³/mol. The lowest BCUT2D eigenvalue weighted by Gasteiger charge is -2.14. The van der Waals surface area contributed by atoms with Crippen LogP contribution in [0.5, 0.6) is 5.75 Å². The first-order chi connectivity index (χ1) is 15.7. The fourth-order valence-electron chi connectivity index (χ4n) is 4.78. The third-order valence-corrected chi connectivity index (χ3v) is 6.47. The fraction of sp³-hybridized carbons (Fsp3) is 0.400. The smallest absolute Gasteiger partial charge is 0.147 e. The molecule has 32 heavy (non-hydrogen) atoms. The fourth-order valence-corrected chi connectivity index (χ4v) is 4.78. The summed E-state index contributed by atoms with van der Waals surface area (Å²) in [5.74, 6) is 0.759. The summed E-state index contributed by atoms with van der Waals surface area (Å²) in [7, 11) is 1.68. The van der Waals surface area contributed by atoms with Crippen LogP contribution in [0.2, 0.25) is 0 Å². The van der Waals surface area contributed by atoms with Gasteiger partial charge in [-0.15, -0.1) is 0 Å². The average Bonchev–Trinajstić information content (AvgIpc) is 3.59. The Morgan fingerprint density at radius 2 is 1.94 bits per heavy atom. The maximum absolute atomic E-state index is 8.91. The number of aryl methyl sites for hydroxylation is 1. The van der Waals surface area contributed by atoms with E-state index < -0.39 is 0 Å². The number of pyridine rings is 1. The van der Waals surface area contributed by atoms with Crippen molar-refractivity contribution in [2.75, 3.05) is 7.11 Å². The highest BCUT2D eigenvalue weighted by Crippen LogP contribution is 2.38. The number of aliphatic hydroxyl groups excluding tert-OH is 1. The molecule has 1 fully saturated rings. The number of benzene rings is 1. The number of H-pyrrole nitrogens is 2. The molecule has 2 aliphatic rings. The van der Waals surface area contributed by atoms with Crippen molar-refractivity contribution < 1.29 is 9.84 Å². The summed E-state index contributed by atoms with van der Waals surface area (Å²) in [6.07, 6.45) is 12.9. The first-order valence-corrected chi connectivity index (χ1v) is 11.5. The van der Waals surface area contributed by atoms with Gasteiger partial charge in [-0.05, 0) is 43.2 Å². The van der Waals surface area contributed by atoms with Crippen LogP contribution >= 0.6 is 0 Å². The molecular formula is C25H29N5O2. The number of aliphatic hydroxyl groups is 1. The number of hydrogen-bond acceptors (Lipinski definition) is 5. The lowest BCUT2D eigenvalue weighted by Crippen LogP contribution is -2.09. The number of nitrogens with one attached hydrogen (secondary N) is 2.